The van der Waals surface area contributed by atoms with Gasteiger partial charge >= 0.3 is 0 Å². The highest BCUT2D eigenvalue weighted by Gasteiger charge is 2.27. The Balaban J connectivity index is 2.16. The predicted molar refractivity (Wildman–Crippen MR) is 90.2 cm³/mol. The van der Waals surface area contributed by atoms with Crippen LogP contribution in [0.3, 0.4) is 0 Å². The van der Waals surface area contributed by atoms with Crippen LogP contribution in [0.25, 0.3) is 22.0 Å². The van der Waals surface area contributed by atoms with Crippen molar-refractivity contribution >= 4 is 16.6 Å². The molecule has 0 amide bonds. The van der Waals surface area contributed by atoms with Crippen LogP contribution in [0.5, 0.6) is 0 Å². The summed E-state index contributed by atoms with van der Waals surface area (Å²) in [5.74, 6) is -1.20. The molecule has 0 atom stereocenters. The molecule has 1 N–H and O–H groups in total. The number of hydrogen-bond donors (Lipinski definition) is 1. The Morgan fingerprint density at radius 1 is 1.25 bits per heavy atom. The van der Waals surface area contributed by atoms with Crippen LogP contribution >= 0.6 is 0 Å². The van der Waals surface area contributed by atoms with Crippen LogP contribution in [0.15, 0.2) is 29.3 Å². The van der Waals surface area contributed by atoms with E-state index in [-0.39, 0.29) is 5.56 Å². The maximum atomic E-state index is 14.6. The summed E-state index contributed by atoms with van der Waals surface area (Å²) in [6.45, 7) is 3.14. The standard InChI is InChI=1S/C18H17F2N3O/c1-3-4-23-8-10-7-21-16-15(10)13(9-22(2)18(16)24)12-5-11(19)6-14(20)17(12)23/h5-7,9,21H,3-4,8H2,1-2H3. The van der Waals surface area contributed by atoms with Crippen molar-refractivity contribution in [2.75, 3.05) is 11.4 Å². The van der Waals surface area contributed by atoms with Gasteiger partial charge in [-0.15, -0.1) is 0 Å². The highest BCUT2D eigenvalue weighted by molar-refractivity contribution is 6.01. The lowest BCUT2D eigenvalue weighted by atomic mass is 10.0. The van der Waals surface area contributed by atoms with E-state index in [2.05, 4.69) is 4.98 Å². The number of rotatable bonds is 2. The first-order valence-electron chi connectivity index (χ1n) is 7.95. The zero-order valence-electron chi connectivity index (χ0n) is 13.5. The predicted octanol–water partition coefficient (Wildman–Crippen LogP) is 3.54. The van der Waals surface area contributed by atoms with Gasteiger partial charge in [0.15, 0.2) is 0 Å². The van der Waals surface area contributed by atoms with Gasteiger partial charge in [-0.2, -0.15) is 0 Å². The third-order valence-electron chi connectivity index (χ3n) is 4.58. The van der Waals surface area contributed by atoms with Gasteiger partial charge in [-0.05, 0) is 18.1 Å². The van der Waals surface area contributed by atoms with Crippen molar-refractivity contribution < 1.29 is 8.78 Å². The molecule has 4 nitrogen and oxygen atoms in total. The second-order valence-electron chi connectivity index (χ2n) is 6.23. The molecule has 0 radical (unpaired) electrons. The van der Waals surface area contributed by atoms with E-state index in [1.807, 2.05) is 11.8 Å². The number of H-pyrrole nitrogens is 1. The topological polar surface area (TPSA) is 41.0 Å². The fourth-order valence-electron chi connectivity index (χ4n) is 3.60. The summed E-state index contributed by atoms with van der Waals surface area (Å²) in [5.41, 5.74) is 2.80. The molecule has 3 heterocycles. The second kappa shape index (κ2) is 5.19. The summed E-state index contributed by atoms with van der Waals surface area (Å²) >= 11 is 0. The Labute approximate surface area is 137 Å². The number of aryl methyl sites for hydroxylation is 1. The van der Waals surface area contributed by atoms with E-state index < -0.39 is 11.6 Å². The van der Waals surface area contributed by atoms with Crippen molar-refractivity contribution in [3.8, 4) is 11.1 Å². The largest absolute Gasteiger partial charge is 0.364 e. The highest BCUT2D eigenvalue weighted by atomic mass is 19.1. The van der Waals surface area contributed by atoms with Gasteiger partial charge < -0.3 is 14.5 Å². The van der Waals surface area contributed by atoms with Gasteiger partial charge in [0.25, 0.3) is 5.56 Å². The molecule has 1 aliphatic rings. The van der Waals surface area contributed by atoms with Crippen molar-refractivity contribution in [3.63, 3.8) is 0 Å². The van der Waals surface area contributed by atoms with E-state index in [4.69, 9.17) is 0 Å². The molecule has 0 spiro atoms. The molecule has 0 bridgehead atoms. The number of fused-ring (bicyclic) bond motifs is 2. The molecule has 124 valence electrons. The zero-order valence-corrected chi connectivity index (χ0v) is 13.5. The molecule has 0 saturated heterocycles. The molecule has 3 aromatic rings. The van der Waals surface area contributed by atoms with Crippen LogP contribution in [0.2, 0.25) is 0 Å². The number of benzene rings is 1. The van der Waals surface area contributed by atoms with Gasteiger partial charge in [0.1, 0.15) is 17.2 Å². The minimum absolute atomic E-state index is 0.151. The van der Waals surface area contributed by atoms with E-state index >= 15 is 0 Å². The normalized spacial score (nSPS) is 13.2. The first-order chi connectivity index (χ1) is 11.5. The van der Waals surface area contributed by atoms with Crippen molar-refractivity contribution in [2.24, 2.45) is 7.05 Å². The van der Waals surface area contributed by atoms with E-state index in [9.17, 15) is 13.6 Å². The van der Waals surface area contributed by atoms with Gasteiger partial charge in [-0.1, -0.05) is 6.92 Å². The molecule has 0 fully saturated rings. The Kier molecular flexibility index (Phi) is 3.23. The lowest BCUT2D eigenvalue weighted by Gasteiger charge is -2.25. The number of aromatic nitrogens is 2. The molecule has 0 unspecified atom stereocenters. The molecule has 0 saturated carbocycles. The third-order valence-corrected chi connectivity index (χ3v) is 4.58. The Bertz CT molecular complexity index is 1020. The van der Waals surface area contributed by atoms with E-state index in [1.165, 1.54) is 10.6 Å². The molecular weight excluding hydrogens is 312 g/mol. The second-order valence-corrected chi connectivity index (χ2v) is 6.23. The SMILES string of the molecule is CCCN1Cc2c[nH]c3c(=O)n(C)cc(c23)-c2cc(F)cc(F)c21. The number of nitrogens with zero attached hydrogens (tertiary/aromatic N) is 2. The first kappa shape index (κ1) is 14.9. The van der Waals surface area contributed by atoms with Crippen molar-refractivity contribution in [1.29, 1.82) is 0 Å². The highest BCUT2D eigenvalue weighted by Crippen LogP contribution is 2.42. The van der Waals surface area contributed by atoms with Gasteiger partial charge in [0.05, 0.1) is 5.69 Å². The van der Waals surface area contributed by atoms with E-state index in [0.717, 1.165) is 23.4 Å². The molecule has 4 rings (SSSR count). The van der Waals surface area contributed by atoms with Crippen LogP contribution in [-0.4, -0.2) is 16.1 Å². The lowest BCUT2D eigenvalue weighted by Crippen LogP contribution is -2.24. The fourth-order valence-corrected chi connectivity index (χ4v) is 3.60. The number of aromatic amines is 1. The van der Waals surface area contributed by atoms with Crippen LogP contribution in [0, 0.1) is 11.6 Å². The molecule has 1 aliphatic heterocycles. The van der Waals surface area contributed by atoms with Crippen LogP contribution in [0.1, 0.15) is 18.9 Å². The summed E-state index contributed by atoms with van der Waals surface area (Å²) in [7, 11) is 1.64. The van der Waals surface area contributed by atoms with Crippen LogP contribution < -0.4 is 10.5 Å². The van der Waals surface area contributed by atoms with Crippen molar-refractivity contribution in [3.05, 3.63) is 52.1 Å². The number of hydrogen-bond acceptors (Lipinski definition) is 2. The number of nitrogens with one attached hydrogen (secondary N) is 1. The molecule has 24 heavy (non-hydrogen) atoms. The van der Waals surface area contributed by atoms with Crippen LogP contribution in [-0.2, 0) is 13.6 Å². The molecular formula is C18H17F2N3O. The smallest absolute Gasteiger partial charge is 0.274 e. The van der Waals surface area contributed by atoms with E-state index in [0.29, 0.717) is 35.4 Å². The molecule has 2 aromatic heterocycles. The number of halogens is 2. The molecule has 0 aliphatic carbocycles. The van der Waals surface area contributed by atoms with Gasteiger partial charge in [0.2, 0.25) is 0 Å². The average Bonchev–Trinajstić information content (AvgIpc) is 2.89. The van der Waals surface area contributed by atoms with Gasteiger partial charge in [-0.3, -0.25) is 4.79 Å². The maximum Gasteiger partial charge on any atom is 0.274 e. The van der Waals surface area contributed by atoms with Gasteiger partial charge in [-0.25, -0.2) is 8.78 Å². The third kappa shape index (κ3) is 1.99. The monoisotopic (exact) mass is 329 g/mol. The van der Waals surface area contributed by atoms with E-state index in [1.54, 1.807) is 19.4 Å². The Morgan fingerprint density at radius 3 is 2.79 bits per heavy atom. The minimum Gasteiger partial charge on any atom is -0.364 e. The summed E-state index contributed by atoms with van der Waals surface area (Å²) in [4.78, 5) is 17.3. The van der Waals surface area contributed by atoms with Crippen molar-refractivity contribution in [2.45, 2.75) is 19.9 Å². The fraction of sp³-hybridized carbons (Fsp3) is 0.278. The number of anilines is 1. The van der Waals surface area contributed by atoms with Gasteiger partial charge in [0, 0.05) is 55.1 Å². The molecule has 1 aromatic carbocycles. The summed E-state index contributed by atoms with van der Waals surface area (Å²) in [6, 6.07) is 2.27. The lowest BCUT2D eigenvalue weighted by molar-refractivity contribution is 0.578. The summed E-state index contributed by atoms with van der Waals surface area (Å²) in [6.07, 6.45) is 4.29. The Morgan fingerprint density at radius 2 is 2.04 bits per heavy atom. The summed E-state index contributed by atoms with van der Waals surface area (Å²) in [5, 5.41) is 0.753. The summed E-state index contributed by atoms with van der Waals surface area (Å²) < 4.78 is 30.0. The molecule has 6 heteroatoms. The number of pyridine rings is 1. The quantitative estimate of drug-likeness (QED) is 0.781. The van der Waals surface area contributed by atoms with Crippen molar-refractivity contribution in [1.82, 2.24) is 9.55 Å². The van der Waals surface area contributed by atoms with Crippen LogP contribution in [0.4, 0.5) is 14.5 Å². The average molecular weight is 329 g/mol. The minimum atomic E-state index is -0.622. The zero-order chi connectivity index (χ0) is 17.0. The Hall–Kier alpha value is -2.63. The maximum absolute atomic E-state index is 14.6. The first-order valence-corrected chi connectivity index (χ1v) is 7.95.